The molecule has 17 heavy (non-hydrogen) atoms. The van der Waals surface area contributed by atoms with Crippen molar-refractivity contribution in [3.05, 3.63) is 28.8 Å². The number of hydrogen-bond donors (Lipinski definition) is 2. The first-order valence-electron chi connectivity index (χ1n) is 5.83. The van der Waals surface area contributed by atoms with Crippen LogP contribution in [0.4, 0.5) is 0 Å². The molecule has 1 aliphatic rings. The average Bonchev–Trinajstić information content (AvgIpc) is 3.10. The molecule has 0 heterocycles. The Balaban J connectivity index is 2.21. The molecule has 4 heteroatoms. The summed E-state index contributed by atoms with van der Waals surface area (Å²) >= 11 is 0. The van der Waals surface area contributed by atoms with Crippen LogP contribution >= 0.6 is 0 Å². The highest BCUT2D eigenvalue weighted by molar-refractivity contribution is 5.97. The van der Waals surface area contributed by atoms with Crippen molar-refractivity contribution in [3.63, 3.8) is 0 Å². The fourth-order valence-electron chi connectivity index (χ4n) is 1.87. The van der Waals surface area contributed by atoms with E-state index in [2.05, 4.69) is 5.16 Å². The van der Waals surface area contributed by atoms with E-state index in [1.54, 1.807) is 0 Å². The highest BCUT2D eigenvalue weighted by Crippen LogP contribution is 2.31. The molecule has 1 aromatic rings. The lowest BCUT2D eigenvalue weighted by Crippen LogP contribution is -2.14. The Kier molecular flexibility index (Phi) is 3.22. The average molecular weight is 234 g/mol. The van der Waals surface area contributed by atoms with Crippen LogP contribution in [0.1, 0.15) is 29.5 Å². The highest BCUT2D eigenvalue weighted by Gasteiger charge is 2.22. The SMILES string of the molecule is Cc1cc(/C(N)=N/O)cc(C)c1OCC1CC1. The molecule has 0 atom stereocenters. The molecule has 0 spiro atoms. The molecule has 2 rings (SSSR count). The molecule has 0 unspecified atom stereocenters. The summed E-state index contributed by atoms with van der Waals surface area (Å²) in [5, 5.41) is 11.7. The highest BCUT2D eigenvalue weighted by atomic mass is 16.5. The fraction of sp³-hybridized carbons (Fsp3) is 0.462. The van der Waals surface area contributed by atoms with Gasteiger partial charge in [0.1, 0.15) is 5.75 Å². The number of nitrogens with zero attached hydrogens (tertiary/aromatic N) is 1. The van der Waals surface area contributed by atoms with Crippen molar-refractivity contribution in [1.82, 2.24) is 0 Å². The number of benzene rings is 1. The van der Waals surface area contributed by atoms with Crippen LogP contribution in [0.3, 0.4) is 0 Å². The minimum absolute atomic E-state index is 0.130. The number of amidine groups is 1. The largest absolute Gasteiger partial charge is 0.493 e. The predicted molar refractivity (Wildman–Crippen MR) is 66.6 cm³/mol. The van der Waals surface area contributed by atoms with Crippen molar-refractivity contribution in [2.45, 2.75) is 26.7 Å². The summed E-state index contributed by atoms with van der Waals surface area (Å²) in [6.45, 7) is 4.75. The van der Waals surface area contributed by atoms with E-state index >= 15 is 0 Å². The summed E-state index contributed by atoms with van der Waals surface area (Å²) < 4.78 is 5.82. The van der Waals surface area contributed by atoms with E-state index in [-0.39, 0.29) is 5.84 Å². The summed E-state index contributed by atoms with van der Waals surface area (Å²) in [5.74, 6) is 1.79. The van der Waals surface area contributed by atoms with E-state index in [0.717, 1.165) is 35.0 Å². The lowest BCUT2D eigenvalue weighted by atomic mass is 10.1. The molecule has 0 saturated heterocycles. The number of ether oxygens (including phenoxy) is 1. The Morgan fingerprint density at radius 1 is 1.41 bits per heavy atom. The topological polar surface area (TPSA) is 67.8 Å². The van der Waals surface area contributed by atoms with Crippen molar-refractivity contribution >= 4 is 5.84 Å². The molecule has 1 aromatic carbocycles. The van der Waals surface area contributed by atoms with Crippen molar-refractivity contribution in [3.8, 4) is 5.75 Å². The molecular weight excluding hydrogens is 216 g/mol. The monoisotopic (exact) mass is 234 g/mol. The van der Waals surface area contributed by atoms with Crippen LogP contribution in [0.2, 0.25) is 0 Å². The molecule has 0 radical (unpaired) electrons. The molecule has 0 bridgehead atoms. The van der Waals surface area contributed by atoms with Gasteiger partial charge in [0.05, 0.1) is 6.61 Å². The summed E-state index contributed by atoms with van der Waals surface area (Å²) in [6, 6.07) is 3.76. The van der Waals surface area contributed by atoms with Crippen LogP contribution < -0.4 is 10.5 Å². The summed E-state index contributed by atoms with van der Waals surface area (Å²) in [6.07, 6.45) is 2.56. The summed E-state index contributed by atoms with van der Waals surface area (Å²) in [5.41, 5.74) is 8.34. The van der Waals surface area contributed by atoms with Crippen LogP contribution in [0, 0.1) is 19.8 Å². The molecule has 1 fully saturated rings. The maximum absolute atomic E-state index is 8.66. The normalized spacial score (nSPS) is 16.0. The van der Waals surface area contributed by atoms with E-state index in [9.17, 15) is 0 Å². The molecule has 4 nitrogen and oxygen atoms in total. The van der Waals surface area contributed by atoms with E-state index in [0.29, 0.717) is 0 Å². The molecule has 0 aromatic heterocycles. The third-order valence-electron chi connectivity index (χ3n) is 3.02. The van der Waals surface area contributed by atoms with Crippen LogP contribution in [-0.2, 0) is 0 Å². The molecule has 0 aliphatic heterocycles. The second kappa shape index (κ2) is 4.65. The molecule has 1 aliphatic carbocycles. The fourth-order valence-corrected chi connectivity index (χ4v) is 1.87. The van der Waals surface area contributed by atoms with Crippen molar-refractivity contribution in [2.24, 2.45) is 16.8 Å². The molecule has 1 saturated carbocycles. The smallest absolute Gasteiger partial charge is 0.170 e. The zero-order chi connectivity index (χ0) is 12.4. The first-order chi connectivity index (χ1) is 8.11. The third-order valence-corrected chi connectivity index (χ3v) is 3.02. The lowest BCUT2D eigenvalue weighted by Gasteiger charge is -2.13. The zero-order valence-electron chi connectivity index (χ0n) is 10.2. The van der Waals surface area contributed by atoms with E-state index < -0.39 is 0 Å². The predicted octanol–water partition coefficient (Wildman–Crippen LogP) is 2.19. The van der Waals surface area contributed by atoms with Crippen LogP contribution in [0.25, 0.3) is 0 Å². The van der Waals surface area contributed by atoms with Crippen LogP contribution in [0.15, 0.2) is 17.3 Å². The Morgan fingerprint density at radius 2 is 2.00 bits per heavy atom. The van der Waals surface area contributed by atoms with Crippen LogP contribution in [0.5, 0.6) is 5.75 Å². The first kappa shape index (κ1) is 11.8. The quantitative estimate of drug-likeness (QED) is 0.363. The summed E-state index contributed by atoms with van der Waals surface area (Å²) in [4.78, 5) is 0. The van der Waals surface area contributed by atoms with Gasteiger partial charge in [-0.1, -0.05) is 5.16 Å². The second-order valence-electron chi connectivity index (χ2n) is 4.68. The van der Waals surface area contributed by atoms with Gasteiger partial charge in [-0.05, 0) is 55.9 Å². The van der Waals surface area contributed by atoms with Gasteiger partial charge >= 0.3 is 0 Å². The minimum Gasteiger partial charge on any atom is -0.493 e. The van der Waals surface area contributed by atoms with E-state index in [4.69, 9.17) is 15.7 Å². The van der Waals surface area contributed by atoms with E-state index in [1.807, 2.05) is 26.0 Å². The standard InChI is InChI=1S/C13H18N2O2/c1-8-5-11(13(14)15-16)6-9(2)12(8)17-7-10-3-4-10/h5-6,10,16H,3-4,7H2,1-2H3,(H2,14,15). The van der Waals surface area contributed by atoms with Gasteiger partial charge in [-0.15, -0.1) is 0 Å². The summed E-state index contributed by atoms with van der Waals surface area (Å²) in [7, 11) is 0. The maximum atomic E-state index is 8.66. The van der Waals surface area contributed by atoms with Gasteiger partial charge in [0.25, 0.3) is 0 Å². The first-order valence-corrected chi connectivity index (χ1v) is 5.83. The Morgan fingerprint density at radius 3 is 2.47 bits per heavy atom. The Labute approximate surface area is 101 Å². The van der Waals surface area contributed by atoms with Crippen LogP contribution in [-0.4, -0.2) is 17.6 Å². The van der Waals surface area contributed by atoms with Gasteiger partial charge < -0.3 is 15.7 Å². The van der Waals surface area contributed by atoms with Gasteiger partial charge in [-0.25, -0.2) is 0 Å². The minimum atomic E-state index is 0.130. The number of oxime groups is 1. The molecular formula is C13H18N2O2. The Bertz CT molecular complexity index is 428. The lowest BCUT2D eigenvalue weighted by molar-refractivity contribution is 0.296. The molecule has 92 valence electrons. The number of rotatable bonds is 4. The Hall–Kier alpha value is -1.71. The van der Waals surface area contributed by atoms with Crippen molar-refractivity contribution in [2.75, 3.05) is 6.61 Å². The zero-order valence-corrected chi connectivity index (χ0v) is 10.2. The number of hydrogen-bond acceptors (Lipinski definition) is 3. The van der Waals surface area contributed by atoms with Crippen molar-refractivity contribution < 1.29 is 9.94 Å². The molecule has 3 N–H and O–H groups in total. The van der Waals surface area contributed by atoms with Gasteiger partial charge in [-0.2, -0.15) is 0 Å². The van der Waals surface area contributed by atoms with Gasteiger partial charge in [0.2, 0.25) is 0 Å². The van der Waals surface area contributed by atoms with Gasteiger partial charge in [-0.3, -0.25) is 0 Å². The van der Waals surface area contributed by atoms with Crippen molar-refractivity contribution in [1.29, 1.82) is 0 Å². The second-order valence-corrected chi connectivity index (χ2v) is 4.68. The third kappa shape index (κ3) is 2.70. The molecule has 0 amide bonds. The number of aryl methyl sites for hydroxylation is 2. The van der Waals surface area contributed by atoms with E-state index in [1.165, 1.54) is 12.8 Å². The van der Waals surface area contributed by atoms with Gasteiger partial charge in [0, 0.05) is 5.56 Å². The maximum Gasteiger partial charge on any atom is 0.170 e. The van der Waals surface area contributed by atoms with Gasteiger partial charge in [0.15, 0.2) is 5.84 Å². The number of nitrogens with two attached hydrogens (primary N) is 1.